The van der Waals surface area contributed by atoms with Crippen LogP contribution in [0, 0.1) is 5.92 Å². The number of amides is 1. The van der Waals surface area contributed by atoms with Crippen LogP contribution in [-0.2, 0) is 14.4 Å². The summed E-state index contributed by atoms with van der Waals surface area (Å²) in [5.74, 6) is -2.06. The normalized spacial score (nSPS) is 30.5. The number of aliphatic carboxylic acids is 2. The smallest absolute Gasteiger partial charge is 0.326 e. The number of carboxylic acids is 2. The maximum Gasteiger partial charge on any atom is 0.326 e. The van der Waals surface area contributed by atoms with Crippen LogP contribution in [-0.4, -0.2) is 57.1 Å². The first kappa shape index (κ1) is 16.7. The Morgan fingerprint density at radius 2 is 1.73 bits per heavy atom. The molecule has 1 aliphatic carbocycles. The number of hydrogen-bond donors (Lipinski definition) is 3. The Labute approximate surface area is 129 Å². The van der Waals surface area contributed by atoms with Crippen LogP contribution in [0.1, 0.15) is 46.0 Å². The summed E-state index contributed by atoms with van der Waals surface area (Å²) in [6, 6.07) is -2.38. The molecule has 1 aliphatic heterocycles. The van der Waals surface area contributed by atoms with Crippen molar-refractivity contribution >= 4 is 17.8 Å². The van der Waals surface area contributed by atoms with E-state index in [9.17, 15) is 19.5 Å². The van der Waals surface area contributed by atoms with E-state index in [-0.39, 0.29) is 17.9 Å². The average molecular weight is 312 g/mol. The predicted octanol–water partition coefficient (Wildman–Crippen LogP) is 0.682. The Bertz CT molecular complexity index is 467. The van der Waals surface area contributed by atoms with Crippen LogP contribution < -0.4 is 5.32 Å². The van der Waals surface area contributed by atoms with Gasteiger partial charge in [-0.05, 0) is 39.0 Å². The summed E-state index contributed by atoms with van der Waals surface area (Å²) in [5, 5.41) is 21.1. The van der Waals surface area contributed by atoms with Gasteiger partial charge in [0.05, 0.1) is 6.04 Å². The number of carboxylic acid groups (broad SMARTS) is 2. The number of likely N-dealkylation sites (tertiary alicyclic amines) is 1. The van der Waals surface area contributed by atoms with E-state index in [4.69, 9.17) is 5.11 Å². The lowest BCUT2D eigenvalue weighted by molar-refractivity contribution is -0.151. The van der Waals surface area contributed by atoms with Crippen molar-refractivity contribution in [1.82, 2.24) is 10.2 Å². The molecule has 0 radical (unpaired) electrons. The fraction of sp³-hybridized carbons (Fsp3) is 0.800. The maximum atomic E-state index is 12.7. The lowest BCUT2D eigenvalue weighted by atomic mass is 9.84. The number of fused-ring (bicyclic) bond motifs is 1. The molecule has 0 spiro atoms. The van der Waals surface area contributed by atoms with E-state index in [1.54, 1.807) is 6.92 Å². The number of hydrogen-bond acceptors (Lipinski definition) is 4. The van der Waals surface area contributed by atoms with Gasteiger partial charge in [-0.3, -0.25) is 14.9 Å². The predicted molar refractivity (Wildman–Crippen MR) is 78.3 cm³/mol. The van der Waals surface area contributed by atoms with E-state index in [0.29, 0.717) is 6.42 Å². The molecule has 22 heavy (non-hydrogen) atoms. The second-order valence-electron chi connectivity index (χ2n) is 6.40. The zero-order valence-corrected chi connectivity index (χ0v) is 13.0. The minimum absolute atomic E-state index is 0.0215. The Morgan fingerprint density at radius 1 is 1.09 bits per heavy atom. The van der Waals surface area contributed by atoms with E-state index in [1.807, 2.05) is 0 Å². The lowest BCUT2D eigenvalue weighted by Crippen LogP contribution is -2.55. The molecule has 0 unspecified atom stereocenters. The highest BCUT2D eigenvalue weighted by molar-refractivity contribution is 5.88. The van der Waals surface area contributed by atoms with Gasteiger partial charge in [-0.25, -0.2) is 4.79 Å². The molecule has 3 N–H and O–H groups in total. The quantitative estimate of drug-likeness (QED) is 0.689. The summed E-state index contributed by atoms with van der Waals surface area (Å²) in [5.41, 5.74) is 0. The summed E-state index contributed by atoms with van der Waals surface area (Å²) in [6.07, 6.45) is 4.39. The number of carbonyl (C=O) groups excluding carboxylic acids is 1. The first-order valence-corrected chi connectivity index (χ1v) is 7.86. The van der Waals surface area contributed by atoms with Crippen LogP contribution in [0.5, 0.6) is 0 Å². The van der Waals surface area contributed by atoms with Gasteiger partial charge in [0.2, 0.25) is 5.91 Å². The molecule has 2 aliphatic rings. The third kappa shape index (κ3) is 3.24. The Kier molecular flexibility index (Phi) is 5.05. The molecule has 0 aromatic heterocycles. The van der Waals surface area contributed by atoms with Crippen LogP contribution in [0.2, 0.25) is 0 Å². The third-order valence-corrected chi connectivity index (χ3v) is 4.87. The second-order valence-corrected chi connectivity index (χ2v) is 6.40. The molecule has 1 saturated heterocycles. The van der Waals surface area contributed by atoms with Crippen molar-refractivity contribution < 1.29 is 24.6 Å². The van der Waals surface area contributed by atoms with Gasteiger partial charge in [-0.15, -0.1) is 0 Å². The average Bonchev–Trinajstić information content (AvgIpc) is 2.85. The van der Waals surface area contributed by atoms with Crippen molar-refractivity contribution in [3.05, 3.63) is 0 Å². The first-order chi connectivity index (χ1) is 10.3. The molecule has 2 rings (SSSR count). The number of nitrogens with zero attached hydrogens (tertiary/aromatic N) is 1. The molecule has 124 valence electrons. The summed E-state index contributed by atoms with van der Waals surface area (Å²) in [7, 11) is 0. The largest absolute Gasteiger partial charge is 0.480 e. The SMILES string of the molecule is C[C@H](N[C@@H](C)C(=O)N1[C@H](C(=O)O)C[C@H]2CCCC[C@@H]21)C(=O)O. The zero-order valence-electron chi connectivity index (χ0n) is 13.0. The highest BCUT2D eigenvalue weighted by atomic mass is 16.4. The highest BCUT2D eigenvalue weighted by Crippen LogP contribution is 2.40. The molecule has 0 bridgehead atoms. The minimum atomic E-state index is -1.04. The molecule has 7 heteroatoms. The molecule has 1 amide bonds. The Balaban J connectivity index is 2.13. The summed E-state index contributed by atoms with van der Waals surface area (Å²) in [4.78, 5) is 36.6. The third-order valence-electron chi connectivity index (χ3n) is 4.87. The lowest BCUT2D eigenvalue weighted by Gasteiger charge is -2.35. The first-order valence-electron chi connectivity index (χ1n) is 7.86. The molecule has 5 atom stereocenters. The van der Waals surface area contributed by atoms with Crippen molar-refractivity contribution in [1.29, 1.82) is 0 Å². The molecule has 1 heterocycles. The van der Waals surface area contributed by atoms with Gasteiger partial charge < -0.3 is 15.1 Å². The van der Waals surface area contributed by atoms with Gasteiger partial charge in [-0.2, -0.15) is 0 Å². The molecule has 2 fully saturated rings. The molecule has 0 aromatic rings. The van der Waals surface area contributed by atoms with Crippen molar-refractivity contribution in [3.8, 4) is 0 Å². The molecule has 1 saturated carbocycles. The van der Waals surface area contributed by atoms with E-state index < -0.39 is 30.1 Å². The standard InChI is InChI=1S/C15H24N2O5/c1-8(16-9(2)14(19)20)13(18)17-11-6-4-3-5-10(11)7-12(17)15(21)22/h8-12,16H,3-7H2,1-2H3,(H,19,20)(H,21,22)/t8-,9-,10+,11-,12-/m0/s1. The van der Waals surface area contributed by atoms with Crippen LogP contribution in [0.25, 0.3) is 0 Å². The van der Waals surface area contributed by atoms with Gasteiger partial charge in [0.15, 0.2) is 0 Å². The van der Waals surface area contributed by atoms with Crippen LogP contribution >= 0.6 is 0 Å². The summed E-state index contributed by atoms with van der Waals surface area (Å²) < 4.78 is 0. The summed E-state index contributed by atoms with van der Waals surface area (Å²) in [6.45, 7) is 3.06. The van der Waals surface area contributed by atoms with Crippen molar-refractivity contribution in [2.45, 2.75) is 70.1 Å². The fourth-order valence-electron chi connectivity index (χ4n) is 3.74. The second kappa shape index (κ2) is 6.64. The van der Waals surface area contributed by atoms with Crippen LogP contribution in [0.15, 0.2) is 0 Å². The van der Waals surface area contributed by atoms with E-state index in [0.717, 1.165) is 25.7 Å². The van der Waals surface area contributed by atoms with Gasteiger partial charge >= 0.3 is 11.9 Å². The maximum absolute atomic E-state index is 12.7. The van der Waals surface area contributed by atoms with E-state index in [2.05, 4.69) is 5.32 Å². The summed E-state index contributed by atoms with van der Waals surface area (Å²) >= 11 is 0. The van der Waals surface area contributed by atoms with Crippen molar-refractivity contribution in [2.24, 2.45) is 5.92 Å². The zero-order chi connectivity index (χ0) is 16.4. The number of carbonyl (C=O) groups is 3. The highest BCUT2D eigenvalue weighted by Gasteiger charge is 2.48. The van der Waals surface area contributed by atoms with Crippen molar-refractivity contribution in [3.63, 3.8) is 0 Å². The monoisotopic (exact) mass is 312 g/mol. The minimum Gasteiger partial charge on any atom is -0.480 e. The van der Waals surface area contributed by atoms with Gasteiger partial charge in [0, 0.05) is 6.04 Å². The Morgan fingerprint density at radius 3 is 2.32 bits per heavy atom. The molecule has 7 nitrogen and oxygen atoms in total. The van der Waals surface area contributed by atoms with Crippen LogP contribution in [0.4, 0.5) is 0 Å². The molecule has 0 aromatic carbocycles. The van der Waals surface area contributed by atoms with E-state index in [1.165, 1.54) is 11.8 Å². The molecular formula is C15H24N2O5. The Hall–Kier alpha value is -1.63. The van der Waals surface area contributed by atoms with Gasteiger partial charge in [-0.1, -0.05) is 12.8 Å². The number of nitrogens with one attached hydrogen (secondary N) is 1. The van der Waals surface area contributed by atoms with Gasteiger partial charge in [0.1, 0.15) is 12.1 Å². The van der Waals surface area contributed by atoms with Crippen molar-refractivity contribution in [2.75, 3.05) is 0 Å². The number of rotatable bonds is 5. The van der Waals surface area contributed by atoms with Gasteiger partial charge in [0.25, 0.3) is 0 Å². The van der Waals surface area contributed by atoms with E-state index >= 15 is 0 Å². The molecular weight excluding hydrogens is 288 g/mol. The topological polar surface area (TPSA) is 107 Å². The van der Waals surface area contributed by atoms with Crippen LogP contribution in [0.3, 0.4) is 0 Å². The fourth-order valence-corrected chi connectivity index (χ4v) is 3.74.